The minimum absolute atomic E-state index is 0.967. The molecule has 0 unspecified atom stereocenters. The van der Waals surface area contributed by atoms with Crippen molar-refractivity contribution >= 4 is 65.3 Å². The van der Waals surface area contributed by atoms with Crippen molar-refractivity contribution in [1.82, 2.24) is 4.57 Å². The molecule has 236 valence electrons. The molecule has 9 aromatic rings. The van der Waals surface area contributed by atoms with Gasteiger partial charge in [-0.1, -0.05) is 158 Å². The summed E-state index contributed by atoms with van der Waals surface area (Å²) >= 11 is 0. The molecular formula is C49H35N. The summed E-state index contributed by atoms with van der Waals surface area (Å²) in [5.41, 5.74) is 10.5. The Morgan fingerprint density at radius 2 is 1.06 bits per heavy atom. The van der Waals surface area contributed by atoms with Crippen molar-refractivity contribution in [3.8, 4) is 16.8 Å². The maximum absolute atomic E-state index is 4.61. The molecule has 0 atom stereocenters. The van der Waals surface area contributed by atoms with Crippen LogP contribution in [0.1, 0.15) is 18.1 Å². The van der Waals surface area contributed by atoms with Crippen LogP contribution in [-0.4, -0.2) is 4.57 Å². The second-order valence-corrected chi connectivity index (χ2v) is 13.1. The summed E-state index contributed by atoms with van der Waals surface area (Å²) in [4.78, 5) is 0. The monoisotopic (exact) mass is 637 g/mol. The van der Waals surface area contributed by atoms with Gasteiger partial charge in [0.25, 0.3) is 0 Å². The highest BCUT2D eigenvalue weighted by Gasteiger charge is 2.19. The molecule has 0 fully saturated rings. The number of rotatable bonds is 6. The standard InChI is InChI=1S/C49H35N/c1-33(35-18-5-3-6-19-35)16-15-17-34(2)38-31-45-41-24-10-9-22-39(41)40-23-11-12-26-43(40)49(45)48(32-38)50-46-27-14-13-25-42(46)44-30-37(28-29-47(44)50)36-20-7-4-8-21-36/h3-32H,2H2,1H3/b17-15-,33-16+. The number of nitrogens with zero attached hydrogens (tertiary/aromatic N) is 1. The predicted molar refractivity (Wildman–Crippen MR) is 217 cm³/mol. The highest BCUT2D eigenvalue weighted by atomic mass is 15.0. The van der Waals surface area contributed by atoms with Crippen molar-refractivity contribution in [1.29, 1.82) is 0 Å². The Bertz CT molecular complexity index is 2810. The molecule has 9 rings (SSSR count). The van der Waals surface area contributed by atoms with E-state index in [1.807, 2.05) is 0 Å². The Morgan fingerprint density at radius 3 is 1.80 bits per heavy atom. The third-order valence-corrected chi connectivity index (χ3v) is 10.1. The van der Waals surface area contributed by atoms with E-state index < -0.39 is 0 Å². The summed E-state index contributed by atoms with van der Waals surface area (Å²) in [6, 6.07) is 59.2. The zero-order valence-corrected chi connectivity index (χ0v) is 28.0. The Morgan fingerprint density at radius 1 is 0.480 bits per heavy atom. The molecule has 0 aliphatic carbocycles. The van der Waals surface area contributed by atoms with Crippen molar-refractivity contribution in [2.24, 2.45) is 0 Å². The first-order valence-corrected chi connectivity index (χ1v) is 17.2. The van der Waals surface area contributed by atoms with Gasteiger partial charge in [-0.25, -0.2) is 0 Å². The van der Waals surface area contributed by atoms with E-state index >= 15 is 0 Å². The van der Waals surface area contributed by atoms with E-state index in [-0.39, 0.29) is 0 Å². The van der Waals surface area contributed by atoms with E-state index in [0.717, 1.165) is 16.8 Å². The van der Waals surface area contributed by atoms with Crippen molar-refractivity contribution in [2.75, 3.05) is 0 Å². The Hall–Kier alpha value is -6.44. The van der Waals surface area contributed by atoms with Gasteiger partial charge in [-0.15, -0.1) is 0 Å². The molecule has 0 bridgehead atoms. The third kappa shape index (κ3) is 4.95. The molecule has 1 heteroatoms. The number of aromatic nitrogens is 1. The fourth-order valence-corrected chi connectivity index (χ4v) is 7.62. The predicted octanol–water partition coefficient (Wildman–Crippen LogP) is 13.6. The number of allylic oxidation sites excluding steroid dienone is 5. The zero-order chi connectivity index (χ0) is 33.6. The van der Waals surface area contributed by atoms with Crippen LogP contribution in [0.4, 0.5) is 0 Å². The van der Waals surface area contributed by atoms with Gasteiger partial charge in [0.05, 0.1) is 16.7 Å². The summed E-state index contributed by atoms with van der Waals surface area (Å²) in [6.07, 6.45) is 6.43. The van der Waals surface area contributed by atoms with Gasteiger partial charge in [0.15, 0.2) is 0 Å². The van der Waals surface area contributed by atoms with Gasteiger partial charge in [0.2, 0.25) is 0 Å². The molecule has 0 spiro atoms. The van der Waals surface area contributed by atoms with E-state index in [2.05, 4.69) is 200 Å². The lowest BCUT2D eigenvalue weighted by molar-refractivity contribution is 1.20. The van der Waals surface area contributed by atoms with Gasteiger partial charge < -0.3 is 4.57 Å². The fraction of sp³-hybridized carbons (Fsp3) is 0.0204. The minimum Gasteiger partial charge on any atom is -0.309 e. The lowest BCUT2D eigenvalue weighted by Crippen LogP contribution is -1.99. The van der Waals surface area contributed by atoms with Crippen LogP contribution in [0, 0.1) is 0 Å². The van der Waals surface area contributed by atoms with Crippen molar-refractivity contribution in [3.63, 3.8) is 0 Å². The molecule has 0 amide bonds. The van der Waals surface area contributed by atoms with Gasteiger partial charge in [-0.2, -0.15) is 0 Å². The molecule has 1 heterocycles. The number of benzene rings is 8. The Balaban J connectivity index is 1.34. The third-order valence-electron chi connectivity index (χ3n) is 10.1. The summed E-state index contributed by atoms with van der Waals surface area (Å²) in [5.74, 6) is 0. The number of para-hydroxylation sites is 1. The highest BCUT2D eigenvalue weighted by molar-refractivity contribution is 6.28. The smallest absolute Gasteiger partial charge is 0.0553 e. The number of hydrogen-bond acceptors (Lipinski definition) is 0. The van der Waals surface area contributed by atoms with Gasteiger partial charge >= 0.3 is 0 Å². The summed E-state index contributed by atoms with van der Waals surface area (Å²) < 4.78 is 2.48. The lowest BCUT2D eigenvalue weighted by atomic mass is 9.90. The molecular weight excluding hydrogens is 603 g/mol. The second-order valence-electron chi connectivity index (χ2n) is 13.1. The summed E-state index contributed by atoms with van der Waals surface area (Å²) in [5, 5.41) is 9.96. The lowest BCUT2D eigenvalue weighted by Gasteiger charge is -2.18. The van der Waals surface area contributed by atoms with E-state index in [1.54, 1.807) is 0 Å². The van der Waals surface area contributed by atoms with Crippen LogP contribution >= 0.6 is 0 Å². The molecule has 0 saturated heterocycles. The summed E-state index contributed by atoms with van der Waals surface area (Å²) in [7, 11) is 0. The topological polar surface area (TPSA) is 4.93 Å². The molecule has 0 saturated carbocycles. The number of fused-ring (bicyclic) bond motifs is 9. The minimum atomic E-state index is 0.967. The maximum Gasteiger partial charge on any atom is 0.0553 e. The van der Waals surface area contributed by atoms with Crippen molar-refractivity contribution in [2.45, 2.75) is 6.92 Å². The average Bonchev–Trinajstić information content (AvgIpc) is 3.51. The Kier molecular flexibility index (Phi) is 7.25. The SMILES string of the molecule is C=C(/C=C\C=C(/C)c1ccccc1)c1cc(-n2c3ccccc3c3cc(-c4ccccc4)ccc32)c2c3ccccc3c3ccccc3c2c1. The van der Waals surface area contributed by atoms with Crippen LogP contribution in [0.25, 0.3) is 82.1 Å². The van der Waals surface area contributed by atoms with Crippen molar-refractivity contribution in [3.05, 3.63) is 200 Å². The van der Waals surface area contributed by atoms with Crippen LogP contribution in [0.15, 0.2) is 189 Å². The van der Waals surface area contributed by atoms with E-state index in [4.69, 9.17) is 0 Å². The summed E-state index contributed by atoms with van der Waals surface area (Å²) in [6.45, 7) is 6.76. The van der Waals surface area contributed by atoms with Gasteiger partial charge in [0, 0.05) is 16.2 Å². The second kappa shape index (κ2) is 12.2. The van der Waals surface area contributed by atoms with Crippen LogP contribution in [0.2, 0.25) is 0 Å². The molecule has 50 heavy (non-hydrogen) atoms. The molecule has 1 aromatic heterocycles. The Labute approximate surface area is 292 Å². The fourth-order valence-electron chi connectivity index (χ4n) is 7.62. The molecule has 1 nitrogen and oxygen atoms in total. The average molecular weight is 638 g/mol. The van der Waals surface area contributed by atoms with Crippen molar-refractivity contribution < 1.29 is 0 Å². The van der Waals surface area contributed by atoms with Crippen LogP contribution < -0.4 is 0 Å². The largest absolute Gasteiger partial charge is 0.309 e. The van der Waals surface area contributed by atoms with E-state index in [1.165, 1.54) is 76.4 Å². The van der Waals surface area contributed by atoms with Gasteiger partial charge in [-0.05, 0) is 97.6 Å². The van der Waals surface area contributed by atoms with Gasteiger partial charge in [-0.3, -0.25) is 0 Å². The molecule has 0 aliphatic heterocycles. The molecule has 0 N–H and O–H groups in total. The first-order chi connectivity index (χ1) is 24.7. The van der Waals surface area contributed by atoms with E-state index in [0.29, 0.717) is 0 Å². The zero-order valence-electron chi connectivity index (χ0n) is 28.0. The first kappa shape index (κ1) is 29.7. The first-order valence-electron chi connectivity index (χ1n) is 17.2. The number of hydrogen-bond donors (Lipinski definition) is 0. The van der Waals surface area contributed by atoms with E-state index in [9.17, 15) is 0 Å². The quantitative estimate of drug-likeness (QED) is 0.126. The molecule has 0 radical (unpaired) electrons. The molecule has 8 aromatic carbocycles. The van der Waals surface area contributed by atoms with Gasteiger partial charge in [0.1, 0.15) is 0 Å². The maximum atomic E-state index is 4.61. The highest BCUT2D eigenvalue weighted by Crippen LogP contribution is 2.43. The van der Waals surface area contributed by atoms with Crippen LogP contribution in [-0.2, 0) is 0 Å². The van der Waals surface area contributed by atoms with Crippen LogP contribution in [0.3, 0.4) is 0 Å². The van der Waals surface area contributed by atoms with Crippen LogP contribution in [0.5, 0.6) is 0 Å². The molecule has 0 aliphatic rings. The normalized spacial score (nSPS) is 12.2.